The van der Waals surface area contributed by atoms with Gasteiger partial charge in [-0.25, -0.2) is 4.39 Å². The van der Waals surface area contributed by atoms with E-state index in [0.29, 0.717) is 26.2 Å². The van der Waals surface area contributed by atoms with Gasteiger partial charge in [0.05, 0.1) is 24.5 Å². The first-order valence-corrected chi connectivity index (χ1v) is 10.4. The minimum atomic E-state index is -4.44. The SMILES string of the molecule is Cc1cc(C[C@H]2COC[C@@H]2N(Cc2ccc(F)cc2)Cc2ccccc2C(F)(F)F)on1. The predicted molar refractivity (Wildman–Crippen MR) is 110 cm³/mol. The molecule has 0 spiro atoms. The molecule has 8 heteroatoms. The largest absolute Gasteiger partial charge is 0.416 e. The summed E-state index contributed by atoms with van der Waals surface area (Å²) in [5.74, 6) is 0.395. The summed E-state index contributed by atoms with van der Waals surface area (Å²) in [6.07, 6.45) is -3.87. The summed E-state index contributed by atoms with van der Waals surface area (Å²) in [7, 11) is 0. The highest BCUT2D eigenvalue weighted by molar-refractivity contribution is 5.30. The third kappa shape index (κ3) is 5.37. The number of ether oxygens (including phenoxy) is 1. The summed E-state index contributed by atoms with van der Waals surface area (Å²) >= 11 is 0. The number of benzene rings is 2. The van der Waals surface area contributed by atoms with E-state index < -0.39 is 11.7 Å². The van der Waals surface area contributed by atoms with E-state index in [1.165, 1.54) is 24.3 Å². The number of alkyl halides is 3. The van der Waals surface area contributed by atoms with Gasteiger partial charge in [-0.05, 0) is 36.2 Å². The molecule has 32 heavy (non-hydrogen) atoms. The van der Waals surface area contributed by atoms with Crippen LogP contribution in [-0.2, 0) is 30.4 Å². The molecule has 1 aliphatic rings. The number of aryl methyl sites for hydroxylation is 1. The molecule has 0 amide bonds. The van der Waals surface area contributed by atoms with Gasteiger partial charge in [0.25, 0.3) is 0 Å². The number of nitrogens with zero attached hydrogens (tertiary/aromatic N) is 2. The van der Waals surface area contributed by atoms with E-state index in [1.54, 1.807) is 18.2 Å². The van der Waals surface area contributed by atoms with E-state index in [1.807, 2.05) is 17.9 Å². The molecule has 1 saturated heterocycles. The number of rotatable bonds is 7. The Morgan fingerprint density at radius 1 is 1.03 bits per heavy atom. The normalized spacial score (nSPS) is 19.1. The van der Waals surface area contributed by atoms with Crippen LogP contribution in [0.2, 0.25) is 0 Å². The topological polar surface area (TPSA) is 38.5 Å². The van der Waals surface area contributed by atoms with E-state index in [-0.39, 0.29) is 29.9 Å². The molecule has 170 valence electrons. The summed E-state index contributed by atoms with van der Waals surface area (Å²) < 4.78 is 65.3. The monoisotopic (exact) mass is 448 g/mol. The molecule has 0 bridgehead atoms. The van der Waals surface area contributed by atoms with Crippen molar-refractivity contribution in [1.29, 1.82) is 0 Å². The Balaban J connectivity index is 1.62. The van der Waals surface area contributed by atoms with Gasteiger partial charge in [0.2, 0.25) is 0 Å². The first kappa shape index (κ1) is 22.5. The average molecular weight is 448 g/mol. The Bertz CT molecular complexity index is 1030. The van der Waals surface area contributed by atoms with Crippen LogP contribution in [0.5, 0.6) is 0 Å². The lowest BCUT2D eigenvalue weighted by molar-refractivity contribution is -0.138. The molecule has 0 aliphatic carbocycles. The molecule has 2 atom stereocenters. The lowest BCUT2D eigenvalue weighted by Gasteiger charge is -2.32. The van der Waals surface area contributed by atoms with Crippen molar-refractivity contribution in [2.24, 2.45) is 5.92 Å². The van der Waals surface area contributed by atoms with Gasteiger partial charge in [0.15, 0.2) is 0 Å². The summed E-state index contributed by atoms with van der Waals surface area (Å²) in [4.78, 5) is 1.98. The maximum absolute atomic E-state index is 13.6. The Kier molecular flexibility index (Phi) is 6.62. The van der Waals surface area contributed by atoms with Crippen LogP contribution in [0.15, 0.2) is 59.1 Å². The van der Waals surface area contributed by atoms with Gasteiger partial charge in [-0.15, -0.1) is 0 Å². The maximum atomic E-state index is 13.6. The molecule has 3 aromatic rings. The first-order valence-electron chi connectivity index (χ1n) is 10.4. The quantitative estimate of drug-likeness (QED) is 0.454. The van der Waals surface area contributed by atoms with Crippen molar-refractivity contribution in [3.05, 3.63) is 88.6 Å². The molecular weight excluding hydrogens is 424 g/mol. The van der Waals surface area contributed by atoms with Crippen LogP contribution in [0, 0.1) is 18.7 Å². The first-order chi connectivity index (χ1) is 15.3. The smallest absolute Gasteiger partial charge is 0.379 e. The second kappa shape index (κ2) is 9.42. The third-order valence-electron chi connectivity index (χ3n) is 5.77. The Morgan fingerprint density at radius 2 is 1.78 bits per heavy atom. The summed E-state index contributed by atoms with van der Waals surface area (Å²) in [5.41, 5.74) is 1.14. The van der Waals surface area contributed by atoms with E-state index in [0.717, 1.165) is 23.1 Å². The van der Waals surface area contributed by atoms with Crippen molar-refractivity contribution in [1.82, 2.24) is 10.1 Å². The van der Waals surface area contributed by atoms with Gasteiger partial charge in [0.1, 0.15) is 11.6 Å². The molecule has 0 saturated carbocycles. The zero-order valence-corrected chi connectivity index (χ0v) is 17.6. The van der Waals surface area contributed by atoms with Gasteiger partial charge < -0.3 is 9.26 Å². The molecule has 0 radical (unpaired) electrons. The summed E-state index contributed by atoms with van der Waals surface area (Å²) in [5, 5.41) is 3.92. The maximum Gasteiger partial charge on any atom is 0.416 e. The van der Waals surface area contributed by atoms with E-state index >= 15 is 0 Å². The molecular formula is C24H24F4N2O2. The van der Waals surface area contributed by atoms with Crippen LogP contribution in [0.3, 0.4) is 0 Å². The van der Waals surface area contributed by atoms with Gasteiger partial charge in [-0.2, -0.15) is 13.2 Å². The van der Waals surface area contributed by atoms with Gasteiger partial charge >= 0.3 is 6.18 Å². The Hall–Kier alpha value is -2.71. The van der Waals surface area contributed by atoms with Gasteiger partial charge in [0, 0.05) is 37.5 Å². The lowest BCUT2D eigenvalue weighted by atomic mass is 9.95. The van der Waals surface area contributed by atoms with Crippen molar-refractivity contribution in [2.75, 3.05) is 13.2 Å². The molecule has 2 aromatic carbocycles. The Labute approximate surface area is 183 Å². The van der Waals surface area contributed by atoms with Crippen molar-refractivity contribution in [3.8, 4) is 0 Å². The standard InChI is InChI=1S/C24H24F4N2O2/c1-16-10-21(32-29-16)11-19-14-31-15-23(19)30(12-17-6-8-20(25)9-7-17)13-18-4-2-3-5-22(18)24(26,27)28/h2-10,19,23H,11-15H2,1H3/t19-,23-/m0/s1. The second-order valence-electron chi connectivity index (χ2n) is 8.19. The Morgan fingerprint density at radius 3 is 2.47 bits per heavy atom. The predicted octanol–water partition coefficient (Wildman–Crippen LogP) is 5.40. The molecule has 4 nitrogen and oxygen atoms in total. The van der Waals surface area contributed by atoms with Gasteiger partial charge in [-0.3, -0.25) is 4.90 Å². The second-order valence-corrected chi connectivity index (χ2v) is 8.19. The molecule has 2 heterocycles. The fourth-order valence-electron chi connectivity index (χ4n) is 4.23. The molecule has 0 unspecified atom stereocenters. The van der Waals surface area contributed by atoms with Crippen molar-refractivity contribution < 1.29 is 26.8 Å². The van der Waals surface area contributed by atoms with Crippen LogP contribution >= 0.6 is 0 Å². The van der Waals surface area contributed by atoms with Crippen LogP contribution in [-0.4, -0.2) is 29.3 Å². The number of aromatic nitrogens is 1. The van der Waals surface area contributed by atoms with E-state index in [2.05, 4.69) is 5.16 Å². The van der Waals surface area contributed by atoms with Crippen LogP contribution < -0.4 is 0 Å². The lowest BCUT2D eigenvalue weighted by Crippen LogP contribution is -2.40. The van der Waals surface area contributed by atoms with E-state index in [4.69, 9.17) is 9.26 Å². The fraction of sp³-hybridized carbons (Fsp3) is 0.375. The molecule has 1 aliphatic heterocycles. The molecule has 4 rings (SSSR count). The van der Waals surface area contributed by atoms with Crippen LogP contribution in [0.4, 0.5) is 17.6 Å². The number of hydrogen-bond acceptors (Lipinski definition) is 4. The summed E-state index contributed by atoms with van der Waals surface area (Å²) in [6.45, 7) is 3.17. The fourth-order valence-corrected chi connectivity index (χ4v) is 4.23. The highest BCUT2D eigenvalue weighted by Crippen LogP contribution is 2.34. The molecule has 1 aromatic heterocycles. The zero-order chi connectivity index (χ0) is 22.7. The van der Waals surface area contributed by atoms with E-state index in [9.17, 15) is 17.6 Å². The van der Waals surface area contributed by atoms with Crippen molar-refractivity contribution in [2.45, 2.75) is 38.7 Å². The van der Waals surface area contributed by atoms with Gasteiger partial charge in [-0.1, -0.05) is 35.5 Å². The number of halogens is 4. The highest BCUT2D eigenvalue weighted by atomic mass is 19.4. The molecule has 0 N–H and O–H groups in total. The summed E-state index contributed by atoms with van der Waals surface area (Å²) in [6, 6.07) is 13.4. The van der Waals surface area contributed by atoms with Crippen molar-refractivity contribution >= 4 is 0 Å². The minimum absolute atomic E-state index is 0.0286. The number of hydrogen-bond donors (Lipinski definition) is 0. The molecule has 1 fully saturated rings. The minimum Gasteiger partial charge on any atom is -0.379 e. The average Bonchev–Trinajstić information content (AvgIpc) is 3.38. The van der Waals surface area contributed by atoms with Crippen LogP contribution in [0.25, 0.3) is 0 Å². The zero-order valence-electron chi connectivity index (χ0n) is 17.6. The van der Waals surface area contributed by atoms with Crippen LogP contribution in [0.1, 0.15) is 28.1 Å². The third-order valence-corrected chi connectivity index (χ3v) is 5.77. The van der Waals surface area contributed by atoms with Crippen molar-refractivity contribution in [3.63, 3.8) is 0 Å². The highest BCUT2D eigenvalue weighted by Gasteiger charge is 2.37.